The SMILES string of the molecule is Cc1cc(F)c(COc2nsc(NC(=O)N(C)CCCN)c2C(N)=O)c(F)c1F. The van der Waals surface area contributed by atoms with E-state index in [0.29, 0.717) is 31.0 Å². The van der Waals surface area contributed by atoms with Gasteiger partial charge in [0.15, 0.2) is 11.6 Å². The number of carbonyl (C=O) groups excluding carboxylic acids is 2. The van der Waals surface area contributed by atoms with Crippen LogP contribution >= 0.6 is 11.5 Å². The number of hydrogen-bond acceptors (Lipinski definition) is 6. The van der Waals surface area contributed by atoms with Crippen molar-refractivity contribution in [2.24, 2.45) is 11.5 Å². The summed E-state index contributed by atoms with van der Waals surface area (Å²) in [5, 5.41) is 2.48. The smallest absolute Gasteiger partial charge is 0.322 e. The summed E-state index contributed by atoms with van der Waals surface area (Å²) in [5.74, 6) is -4.90. The van der Waals surface area contributed by atoms with E-state index in [1.807, 2.05) is 0 Å². The van der Waals surface area contributed by atoms with Crippen LogP contribution in [0.3, 0.4) is 0 Å². The second kappa shape index (κ2) is 9.56. The average Bonchev–Trinajstić information content (AvgIpc) is 3.06. The molecule has 5 N–H and O–H groups in total. The number of rotatable bonds is 8. The van der Waals surface area contributed by atoms with E-state index in [-0.39, 0.29) is 22.0 Å². The molecule has 0 radical (unpaired) electrons. The number of halogens is 3. The maximum atomic E-state index is 14.0. The number of benzene rings is 1. The molecule has 8 nitrogen and oxygen atoms in total. The molecule has 12 heteroatoms. The summed E-state index contributed by atoms with van der Waals surface area (Å²) in [4.78, 5) is 25.3. The molecule has 0 aliphatic rings. The molecular weight excluding hydrogens is 411 g/mol. The second-order valence-corrected chi connectivity index (χ2v) is 6.89. The minimum Gasteiger partial charge on any atom is -0.471 e. The van der Waals surface area contributed by atoms with Crippen molar-refractivity contribution in [1.82, 2.24) is 9.27 Å². The number of nitrogens with one attached hydrogen (secondary N) is 1. The van der Waals surface area contributed by atoms with Crippen LogP contribution in [0.4, 0.5) is 23.0 Å². The predicted molar refractivity (Wildman–Crippen MR) is 101 cm³/mol. The van der Waals surface area contributed by atoms with Crippen LogP contribution in [-0.4, -0.2) is 41.3 Å². The zero-order valence-electron chi connectivity index (χ0n) is 15.7. The molecule has 0 saturated heterocycles. The van der Waals surface area contributed by atoms with Crippen LogP contribution < -0.4 is 21.5 Å². The Morgan fingerprint density at radius 3 is 2.62 bits per heavy atom. The van der Waals surface area contributed by atoms with E-state index >= 15 is 0 Å². The summed E-state index contributed by atoms with van der Waals surface area (Å²) in [6.07, 6.45) is 0.577. The van der Waals surface area contributed by atoms with Gasteiger partial charge in [0.25, 0.3) is 5.91 Å². The molecule has 1 aromatic carbocycles. The fourth-order valence-corrected chi connectivity index (χ4v) is 3.05. The monoisotopic (exact) mass is 431 g/mol. The van der Waals surface area contributed by atoms with Gasteiger partial charge < -0.3 is 21.1 Å². The Morgan fingerprint density at radius 1 is 1.31 bits per heavy atom. The molecule has 2 aromatic rings. The third kappa shape index (κ3) is 5.15. The lowest BCUT2D eigenvalue weighted by molar-refractivity contribution is 0.0996. The van der Waals surface area contributed by atoms with Gasteiger partial charge in [-0.05, 0) is 43.1 Å². The Morgan fingerprint density at radius 2 is 2.00 bits per heavy atom. The van der Waals surface area contributed by atoms with Crippen LogP contribution in [-0.2, 0) is 6.61 Å². The van der Waals surface area contributed by atoms with Crippen molar-refractivity contribution in [3.05, 3.63) is 40.2 Å². The summed E-state index contributed by atoms with van der Waals surface area (Å²) < 4.78 is 50.7. The Kier molecular flexibility index (Phi) is 7.40. The summed E-state index contributed by atoms with van der Waals surface area (Å²) in [6, 6.07) is 0.296. The van der Waals surface area contributed by atoms with Gasteiger partial charge in [0.05, 0.1) is 5.56 Å². The van der Waals surface area contributed by atoms with Gasteiger partial charge in [-0.1, -0.05) is 0 Å². The third-order valence-electron chi connectivity index (χ3n) is 3.96. The van der Waals surface area contributed by atoms with Gasteiger partial charge in [-0.25, -0.2) is 18.0 Å². The number of nitrogens with two attached hydrogens (primary N) is 2. The molecule has 3 amide bonds. The van der Waals surface area contributed by atoms with E-state index in [0.717, 1.165) is 6.07 Å². The number of urea groups is 1. The van der Waals surface area contributed by atoms with Crippen molar-refractivity contribution in [3.63, 3.8) is 0 Å². The maximum Gasteiger partial charge on any atom is 0.322 e. The van der Waals surface area contributed by atoms with Gasteiger partial charge in [0.1, 0.15) is 23.0 Å². The summed E-state index contributed by atoms with van der Waals surface area (Å²) in [6.45, 7) is 1.27. The predicted octanol–water partition coefficient (Wildman–Crippen LogP) is 2.36. The molecule has 0 fully saturated rings. The first kappa shape index (κ1) is 22.4. The number of nitrogens with zero attached hydrogens (tertiary/aromatic N) is 2. The van der Waals surface area contributed by atoms with E-state index in [1.165, 1.54) is 18.9 Å². The molecular formula is C17H20F3N5O3S. The average molecular weight is 431 g/mol. The minimum absolute atomic E-state index is 0.00753. The van der Waals surface area contributed by atoms with Gasteiger partial charge >= 0.3 is 6.03 Å². The highest BCUT2D eigenvalue weighted by atomic mass is 32.1. The van der Waals surface area contributed by atoms with Crippen molar-refractivity contribution < 1.29 is 27.5 Å². The first-order valence-electron chi connectivity index (χ1n) is 8.44. The second-order valence-electron chi connectivity index (χ2n) is 6.12. The highest BCUT2D eigenvalue weighted by Crippen LogP contribution is 2.31. The van der Waals surface area contributed by atoms with Gasteiger partial charge in [0.2, 0.25) is 5.88 Å². The zero-order valence-corrected chi connectivity index (χ0v) is 16.5. The number of anilines is 1. The van der Waals surface area contributed by atoms with E-state index in [1.54, 1.807) is 0 Å². The Balaban J connectivity index is 2.20. The number of aryl methyl sites for hydroxylation is 1. The lowest BCUT2D eigenvalue weighted by Gasteiger charge is -2.17. The van der Waals surface area contributed by atoms with Crippen molar-refractivity contribution in [3.8, 4) is 5.88 Å². The van der Waals surface area contributed by atoms with Crippen LogP contribution in [0.5, 0.6) is 5.88 Å². The molecule has 2 rings (SSSR count). The summed E-state index contributed by atoms with van der Waals surface area (Å²) in [7, 11) is 1.53. The Hall–Kier alpha value is -2.86. The van der Waals surface area contributed by atoms with E-state index in [2.05, 4.69) is 9.69 Å². The largest absolute Gasteiger partial charge is 0.471 e. The minimum atomic E-state index is -1.39. The van der Waals surface area contributed by atoms with Crippen LogP contribution in [0.1, 0.15) is 27.9 Å². The van der Waals surface area contributed by atoms with E-state index < -0.39 is 41.6 Å². The zero-order chi connectivity index (χ0) is 21.7. The first-order valence-corrected chi connectivity index (χ1v) is 9.22. The number of primary amides is 1. The summed E-state index contributed by atoms with van der Waals surface area (Å²) >= 11 is 0.703. The third-order valence-corrected chi connectivity index (χ3v) is 4.71. The molecule has 1 heterocycles. The summed E-state index contributed by atoms with van der Waals surface area (Å²) in [5.41, 5.74) is 9.60. The molecule has 0 bridgehead atoms. The van der Waals surface area contributed by atoms with E-state index in [9.17, 15) is 22.8 Å². The maximum absolute atomic E-state index is 14.0. The van der Waals surface area contributed by atoms with Gasteiger partial charge in [-0.15, -0.1) is 0 Å². The number of ether oxygens (including phenoxy) is 1. The fraction of sp³-hybridized carbons (Fsp3) is 0.353. The first-order chi connectivity index (χ1) is 13.7. The highest BCUT2D eigenvalue weighted by Gasteiger charge is 2.24. The van der Waals surface area contributed by atoms with Gasteiger partial charge in [-0.2, -0.15) is 4.37 Å². The molecule has 158 valence electrons. The Labute approximate surface area is 168 Å². The van der Waals surface area contributed by atoms with Crippen molar-refractivity contribution >= 4 is 28.5 Å². The number of hydrogen-bond donors (Lipinski definition) is 3. The van der Waals surface area contributed by atoms with Crippen LogP contribution in [0.15, 0.2) is 6.07 Å². The molecule has 0 aliphatic heterocycles. The highest BCUT2D eigenvalue weighted by molar-refractivity contribution is 7.11. The molecule has 29 heavy (non-hydrogen) atoms. The van der Waals surface area contributed by atoms with Crippen molar-refractivity contribution in [1.29, 1.82) is 0 Å². The molecule has 1 aromatic heterocycles. The van der Waals surface area contributed by atoms with Crippen molar-refractivity contribution in [2.45, 2.75) is 20.0 Å². The number of amides is 3. The number of aromatic nitrogens is 1. The van der Waals surface area contributed by atoms with E-state index in [4.69, 9.17) is 16.2 Å². The lowest BCUT2D eigenvalue weighted by atomic mass is 10.1. The van der Waals surface area contributed by atoms with Crippen LogP contribution in [0, 0.1) is 24.4 Å². The normalized spacial score (nSPS) is 10.7. The lowest BCUT2D eigenvalue weighted by Crippen LogP contribution is -2.33. The molecule has 0 saturated carbocycles. The molecule has 0 aliphatic carbocycles. The molecule has 0 unspecified atom stereocenters. The number of carbonyl (C=O) groups is 2. The fourth-order valence-electron chi connectivity index (χ4n) is 2.32. The van der Waals surface area contributed by atoms with Crippen molar-refractivity contribution in [2.75, 3.05) is 25.5 Å². The topological polar surface area (TPSA) is 124 Å². The molecule has 0 atom stereocenters. The van der Waals surface area contributed by atoms with Crippen LogP contribution in [0.25, 0.3) is 0 Å². The van der Waals surface area contributed by atoms with Gasteiger partial charge in [0, 0.05) is 13.6 Å². The van der Waals surface area contributed by atoms with Crippen LogP contribution in [0.2, 0.25) is 0 Å². The quantitative estimate of drug-likeness (QED) is 0.554. The Bertz CT molecular complexity index is 922. The standard InChI is InChI=1S/C17H20F3N5O3S/c1-8-6-10(18)9(13(20)12(8)19)7-28-15-11(14(22)26)16(29-24-15)23-17(27)25(2)5-3-4-21/h6H,3-5,7,21H2,1-2H3,(H2,22,26)(H,23,27). The molecule has 0 spiro atoms. The van der Waals surface area contributed by atoms with Gasteiger partial charge in [-0.3, -0.25) is 10.1 Å².